The number of quaternary nitrogens is 1. The number of carboxylic acid groups (broad SMARTS) is 1. The summed E-state index contributed by atoms with van der Waals surface area (Å²) in [4.78, 5) is 10.7. The van der Waals surface area contributed by atoms with E-state index in [9.17, 15) is 20.1 Å². The molecule has 1 saturated heterocycles. The summed E-state index contributed by atoms with van der Waals surface area (Å²) < 4.78 is 0. The van der Waals surface area contributed by atoms with Gasteiger partial charge in [-0.05, 0) is 12.1 Å². The molecule has 16 heavy (non-hydrogen) atoms. The monoisotopic (exact) mass is 241 g/mol. The van der Waals surface area contributed by atoms with E-state index in [1.54, 1.807) is 17.4 Å². The van der Waals surface area contributed by atoms with E-state index in [-0.39, 0.29) is 16.9 Å². The van der Waals surface area contributed by atoms with Crippen LogP contribution in [0.1, 0.15) is 10.9 Å². The third-order valence-electron chi connectivity index (χ3n) is 2.49. The Morgan fingerprint density at radius 1 is 1.50 bits per heavy atom. The molecule has 1 aromatic rings. The first-order valence-corrected chi connectivity index (χ1v) is 5.74. The first kappa shape index (κ1) is 11.1. The molecule has 6 heteroatoms. The summed E-state index contributed by atoms with van der Waals surface area (Å²) in [6, 6.07) is 4.67. The van der Waals surface area contributed by atoms with Crippen LogP contribution in [0.2, 0.25) is 0 Å². The number of aromatic hydroxyl groups is 2. The van der Waals surface area contributed by atoms with Crippen LogP contribution in [0.5, 0.6) is 11.5 Å². The van der Waals surface area contributed by atoms with Crippen LogP contribution in [-0.2, 0) is 4.79 Å². The molecule has 0 spiro atoms. The van der Waals surface area contributed by atoms with Crippen LogP contribution < -0.4 is 10.4 Å². The lowest BCUT2D eigenvalue weighted by molar-refractivity contribution is -0.665. The maximum Gasteiger partial charge on any atom is 0.167 e. The van der Waals surface area contributed by atoms with Gasteiger partial charge >= 0.3 is 0 Å². The van der Waals surface area contributed by atoms with Gasteiger partial charge in [-0.3, -0.25) is 0 Å². The van der Waals surface area contributed by atoms with Crippen LogP contribution in [0, 0.1) is 0 Å². The minimum atomic E-state index is -1.09. The van der Waals surface area contributed by atoms with Gasteiger partial charge in [0.15, 0.2) is 16.9 Å². The van der Waals surface area contributed by atoms with E-state index in [0.717, 1.165) is 0 Å². The minimum absolute atomic E-state index is 0.185. The number of rotatable bonds is 2. The zero-order valence-corrected chi connectivity index (χ0v) is 9.11. The SMILES string of the molecule is O=C([O-])[C@H]1C[NH2+][C@@H](c2cccc(O)c2O)S1. The number of para-hydroxylation sites is 1. The average Bonchev–Trinajstić information content (AvgIpc) is 2.71. The summed E-state index contributed by atoms with van der Waals surface area (Å²) in [6.45, 7) is 0.409. The number of thioether (sulfide) groups is 1. The Labute approximate surface area is 96.1 Å². The van der Waals surface area contributed by atoms with Crippen molar-refractivity contribution in [3.8, 4) is 11.5 Å². The van der Waals surface area contributed by atoms with E-state index in [0.29, 0.717) is 12.1 Å². The molecule has 2 atom stereocenters. The molecule has 0 bridgehead atoms. The van der Waals surface area contributed by atoms with Gasteiger partial charge in [0.1, 0.15) is 0 Å². The van der Waals surface area contributed by atoms with E-state index in [1.165, 1.54) is 17.8 Å². The summed E-state index contributed by atoms with van der Waals surface area (Å²) in [6.07, 6.45) is 0. The van der Waals surface area contributed by atoms with Crippen molar-refractivity contribution in [2.24, 2.45) is 0 Å². The summed E-state index contributed by atoms with van der Waals surface area (Å²) in [5, 5.41) is 30.7. The predicted molar refractivity (Wildman–Crippen MR) is 55.7 cm³/mol. The molecule has 1 fully saturated rings. The number of phenolic OH excluding ortho intramolecular Hbond substituents is 2. The lowest BCUT2D eigenvalue weighted by atomic mass is 10.2. The second kappa shape index (κ2) is 4.23. The topological polar surface area (TPSA) is 97.2 Å². The van der Waals surface area contributed by atoms with E-state index >= 15 is 0 Å². The normalized spacial score (nSPS) is 24.5. The molecule has 2 rings (SSSR count). The molecule has 1 heterocycles. The van der Waals surface area contributed by atoms with E-state index in [1.807, 2.05) is 0 Å². The zero-order chi connectivity index (χ0) is 11.7. The number of hydrogen-bond donors (Lipinski definition) is 3. The standard InChI is InChI=1S/C10H11NO4S/c12-6-3-1-2-5(8(6)13)9-11-4-7(16-9)10(14)15/h1-3,7,9,11-13H,4H2,(H,14,15)/t7-,9-/m1/s1. The Morgan fingerprint density at radius 2 is 2.25 bits per heavy atom. The van der Waals surface area contributed by atoms with Gasteiger partial charge in [0.25, 0.3) is 0 Å². The predicted octanol–water partition coefficient (Wildman–Crippen LogP) is -1.47. The fourth-order valence-electron chi connectivity index (χ4n) is 1.67. The largest absolute Gasteiger partial charge is 0.549 e. The highest BCUT2D eigenvalue weighted by Crippen LogP contribution is 2.38. The van der Waals surface area contributed by atoms with Crippen molar-refractivity contribution in [2.75, 3.05) is 6.54 Å². The van der Waals surface area contributed by atoms with Crippen molar-refractivity contribution in [3.05, 3.63) is 23.8 Å². The molecule has 1 aliphatic heterocycles. The first-order chi connectivity index (χ1) is 7.59. The quantitative estimate of drug-likeness (QED) is 0.549. The number of carbonyl (C=O) groups is 1. The maximum atomic E-state index is 10.7. The average molecular weight is 241 g/mol. The number of nitrogens with two attached hydrogens (primary N) is 1. The lowest BCUT2D eigenvalue weighted by Gasteiger charge is -2.10. The fourth-order valence-corrected chi connectivity index (χ4v) is 2.91. The molecule has 1 aliphatic rings. The van der Waals surface area contributed by atoms with Gasteiger partial charge in [-0.1, -0.05) is 17.8 Å². The molecule has 0 unspecified atom stereocenters. The number of hydrogen-bond acceptors (Lipinski definition) is 5. The highest BCUT2D eigenvalue weighted by molar-refractivity contribution is 8.00. The van der Waals surface area contributed by atoms with Gasteiger partial charge in [0, 0.05) is 0 Å². The fraction of sp³-hybridized carbons (Fsp3) is 0.300. The van der Waals surface area contributed by atoms with Crippen molar-refractivity contribution in [1.29, 1.82) is 0 Å². The van der Waals surface area contributed by atoms with Crippen LogP contribution in [0.15, 0.2) is 18.2 Å². The molecular weight excluding hydrogens is 230 g/mol. The van der Waals surface area contributed by atoms with Crippen molar-refractivity contribution in [2.45, 2.75) is 10.6 Å². The Hall–Kier alpha value is -1.40. The van der Waals surface area contributed by atoms with Crippen molar-refractivity contribution < 1.29 is 25.4 Å². The molecule has 4 N–H and O–H groups in total. The van der Waals surface area contributed by atoms with Gasteiger partial charge in [0.05, 0.1) is 23.3 Å². The molecule has 0 saturated carbocycles. The summed E-state index contributed by atoms with van der Waals surface area (Å²) in [5.74, 6) is -1.47. The highest BCUT2D eigenvalue weighted by atomic mass is 32.2. The van der Waals surface area contributed by atoms with Crippen LogP contribution >= 0.6 is 11.8 Å². The number of aliphatic carboxylic acids is 1. The Kier molecular flexibility index (Phi) is 2.93. The first-order valence-electron chi connectivity index (χ1n) is 4.80. The summed E-state index contributed by atoms with van der Waals surface area (Å²) >= 11 is 1.21. The van der Waals surface area contributed by atoms with Crippen LogP contribution in [0.3, 0.4) is 0 Å². The Balaban J connectivity index is 2.21. The number of phenols is 2. The number of carboxylic acids is 1. The molecule has 0 amide bonds. The van der Waals surface area contributed by atoms with E-state index < -0.39 is 11.2 Å². The van der Waals surface area contributed by atoms with Crippen molar-refractivity contribution in [1.82, 2.24) is 0 Å². The highest BCUT2D eigenvalue weighted by Gasteiger charge is 2.33. The third kappa shape index (κ3) is 1.94. The summed E-state index contributed by atoms with van der Waals surface area (Å²) in [7, 11) is 0. The van der Waals surface area contributed by atoms with Gasteiger partial charge < -0.3 is 25.4 Å². The van der Waals surface area contributed by atoms with E-state index in [2.05, 4.69) is 0 Å². The molecule has 1 aromatic carbocycles. The maximum absolute atomic E-state index is 10.7. The van der Waals surface area contributed by atoms with Crippen LogP contribution in [0.4, 0.5) is 0 Å². The molecule has 0 aliphatic carbocycles. The zero-order valence-electron chi connectivity index (χ0n) is 8.29. The van der Waals surface area contributed by atoms with Gasteiger partial charge in [-0.25, -0.2) is 0 Å². The molecule has 0 aromatic heterocycles. The number of benzene rings is 1. The summed E-state index contributed by atoms with van der Waals surface area (Å²) in [5.41, 5.74) is 0.536. The van der Waals surface area contributed by atoms with Gasteiger partial charge in [0.2, 0.25) is 0 Å². The molecular formula is C10H11NO4S. The molecule has 86 valence electrons. The van der Waals surface area contributed by atoms with Crippen LogP contribution in [-0.4, -0.2) is 28.0 Å². The van der Waals surface area contributed by atoms with E-state index in [4.69, 9.17) is 0 Å². The second-order valence-corrected chi connectivity index (χ2v) is 4.90. The third-order valence-corrected chi connectivity index (χ3v) is 3.94. The second-order valence-electron chi connectivity index (χ2n) is 3.55. The minimum Gasteiger partial charge on any atom is -0.549 e. The van der Waals surface area contributed by atoms with Gasteiger partial charge in [-0.2, -0.15) is 0 Å². The van der Waals surface area contributed by atoms with Crippen LogP contribution in [0.25, 0.3) is 0 Å². The molecule has 5 nitrogen and oxygen atoms in total. The van der Waals surface area contributed by atoms with Crippen molar-refractivity contribution >= 4 is 17.7 Å². The van der Waals surface area contributed by atoms with Crippen molar-refractivity contribution in [3.63, 3.8) is 0 Å². The molecule has 0 radical (unpaired) electrons. The van der Waals surface area contributed by atoms with Gasteiger partial charge in [-0.15, -0.1) is 0 Å². The smallest absolute Gasteiger partial charge is 0.167 e. The Bertz CT molecular complexity index is 423. The Morgan fingerprint density at radius 3 is 2.88 bits per heavy atom. The lowest BCUT2D eigenvalue weighted by Crippen LogP contribution is -2.82. The number of carbonyl (C=O) groups excluding carboxylic acids is 1.